The van der Waals surface area contributed by atoms with Crippen LogP contribution in [0.3, 0.4) is 0 Å². The first-order valence-electron chi connectivity index (χ1n) is 12.3. The van der Waals surface area contributed by atoms with Gasteiger partial charge in [-0.15, -0.1) is 0 Å². The molecule has 1 N–H and O–H groups in total. The lowest BCUT2D eigenvalue weighted by Crippen LogP contribution is -2.29. The van der Waals surface area contributed by atoms with Crippen molar-refractivity contribution in [2.24, 2.45) is 0 Å². The van der Waals surface area contributed by atoms with Crippen LogP contribution in [0, 0.1) is 11.3 Å². The van der Waals surface area contributed by atoms with Gasteiger partial charge in [0.15, 0.2) is 11.5 Å². The van der Waals surface area contributed by atoms with Crippen molar-refractivity contribution >= 4 is 23.1 Å². The molecule has 0 aliphatic carbocycles. The number of Topliss-reactive ketones (excluding diaryl/α,β-unsaturated/α-hetero) is 1. The lowest BCUT2D eigenvalue weighted by Gasteiger charge is -2.27. The normalized spacial score (nSPS) is 16.6. The number of ketones is 1. The molecule has 0 spiro atoms. The van der Waals surface area contributed by atoms with Crippen LogP contribution in [-0.4, -0.2) is 38.1 Å². The first-order chi connectivity index (χ1) is 18.6. The van der Waals surface area contributed by atoms with Gasteiger partial charge in [-0.3, -0.25) is 14.5 Å². The van der Waals surface area contributed by atoms with E-state index in [9.17, 15) is 20.0 Å². The van der Waals surface area contributed by atoms with E-state index in [2.05, 4.69) is 0 Å². The molecule has 0 radical (unpaired) electrons. The van der Waals surface area contributed by atoms with Crippen molar-refractivity contribution in [3.05, 3.63) is 88.5 Å². The van der Waals surface area contributed by atoms with Gasteiger partial charge in [-0.05, 0) is 53.4 Å². The number of rotatable bonds is 6. The number of methoxy groups -OCH3 is 3. The molecular formula is C31H30N2O6. The predicted molar refractivity (Wildman–Crippen MR) is 147 cm³/mol. The highest BCUT2D eigenvalue weighted by molar-refractivity contribution is 6.51. The van der Waals surface area contributed by atoms with Crippen LogP contribution < -0.4 is 19.1 Å². The molecule has 0 aromatic heterocycles. The topological polar surface area (TPSA) is 109 Å². The van der Waals surface area contributed by atoms with Crippen molar-refractivity contribution in [1.82, 2.24) is 0 Å². The van der Waals surface area contributed by atoms with Gasteiger partial charge in [0.1, 0.15) is 11.5 Å². The molecule has 1 amide bonds. The Balaban J connectivity index is 2.06. The van der Waals surface area contributed by atoms with Crippen LogP contribution in [0.4, 0.5) is 5.69 Å². The van der Waals surface area contributed by atoms with Crippen molar-refractivity contribution in [2.45, 2.75) is 32.2 Å². The van der Waals surface area contributed by atoms with E-state index in [-0.39, 0.29) is 22.3 Å². The molecule has 1 heterocycles. The number of aliphatic hydroxyl groups is 1. The van der Waals surface area contributed by atoms with Crippen LogP contribution in [0.25, 0.3) is 5.76 Å². The van der Waals surface area contributed by atoms with E-state index in [0.717, 1.165) is 5.56 Å². The third-order valence-electron chi connectivity index (χ3n) is 6.77. The maximum atomic E-state index is 13.7. The molecule has 39 heavy (non-hydrogen) atoms. The molecule has 8 heteroatoms. The van der Waals surface area contributed by atoms with Gasteiger partial charge in [0.25, 0.3) is 11.7 Å². The van der Waals surface area contributed by atoms with Crippen LogP contribution >= 0.6 is 0 Å². The van der Waals surface area contributed by atoms with Gasteiger partial charge >= 0.3 is 0 Å². The number of amides is 1. The summed E-state index contributed by atoms with van der Waals surface area (Å²) in [6.45, 7) is 6.09. The van der Waals surface area contributed by atoms with E-state index < -0.39 is 17.7 Å². The van der Waals surface area contributed by atoms with Crippen molar-refractivity contribution in [3.8, 4) is 23.3 Å². The predicted octanol–water partition coefficient (Wildman–Crippen LogP) is 5.51. The van der Waals surface area contributed by atoms with Gasteiger partial charge in [0, 0.05) is 11.3 Å². The molecule has 3 aromatic carbocycles. The highest BCUT2D eigenvalue weighted by Crippen LogP contribution is 2.48. The molecule has 200 valence electrons. The Kier molecular flexibility index (Phi) is 7.37. The fourth-order valence-electron chi connectivity index (χ4n) is 4.72. The van der Waals surface area contributed by atoms with Crippen LogP contribution in [-0.2, 0) is 15.0 Å². The average molecular weight is 527 g/mol. The summed E-state index contributed by atoms with van der Waals surface area (Å²) < 4.78 is 16.7. The van der Waals surface area contributed by atoms with E-state index in [0.29, 0.717) is 34.1 Å². The Morgan fingerprint density at radius 1 is 0.923 bits per heavy atom. The van der Waals surface area contributed by atoms with Crippen molar-refractivity contribution < 1.29 is 28.9 Å². The summed E-state index contributed by atoms with van der Waals surface area (Å²) >= 11 is 0. The minimum absolute atomic E-state index is 0.125. The zero-order valence-corrected chi connectivity index (χ0v) is 22.7. The Hall–Kier alpha value is -4.77. The summed E-state index contributed by atoms with van der Waals surface area (Å²) in [6.07, 6.45) is 0. The first kappa shape index (κ1) is 27.3. The van der Waals surface area contributed by atoms with E-state index >= 15 is 0 Å². The molecule has 1 unspecified atom stereocenters. The number of para-hydroxylation sites is 1. The SMILES string of the molecule is COc1ccc(C(C)(C)C)cc1/C(O)=C1\C(=O)C(=O)N(c2ccc(C#N)cc2)C1c1cccc(OC)c1OC. The molecule has 1 fully saturated rings. The maximum Gasteiger partial charge on any atom is 0.300 e. The zero-order valence-electron chi connectivity index (χ0n) is 22.7. The van der Waals surface area contributed by atoms with Gasteiger partial charge in [-0.1, -0.05) is 39.0 Å². The summed E-state index contributed by atoms with van der Waals surface area (Å²) in [5, 5.41) is 21.0. The third kappa shape index (κ3) is 4.79. The quantitative estimate of drug-likeness (QED) is 0.256. The number of aliphatic hydroxyl groups excluding tert-OH is 1. The second-order valence-electron chi connectivity index (χ2n) is 10.1. The summed E-state index contributed by atoms with van der Waals surface area (Å²) in [5.41, 5.74) is 2.02. The van der Waals surface area contributed by atoms with Gasteiger partial charge < -0.3 is 19.3 Å². The standard InChI is InChI=1S/C31H30N2O6/c1-31(2,3)19-12-15-23(37-4)22(16-19)27(34)25-26(21-8-7-9-24(38-5)29(21)39-6)33(30(36)28(25)35)20-13-10-18(17-32)11-14-20/h7-16,26,34H,1-6H3/b27-25+. The minimum Gasteiger partial charge on any atom is -0.507 e. The van der Waals surface area contributed by atoms with Gasteiger partial charge in [-0.2, -0.15) is 5.26 Å². The Bertz CT molecular complexity index is 1510. The second kappa shape index (κ2) is 10.5. The highest BCUT2D eigenvalue weighted by Gasteiger charge is 2.48. The lowest BCUT2D eigenvalue weighted by molar-refractivity contribution is -0.132. The lowest BCUT2D eigenvalue weighted by atomic mass is 9.85. The third-order valence-corrected chi connectivity index (χ3v) is 6.77. The van der Waals surface area contributed by atoms with Crippen LogP contribution in [0.5, 0.6) is 17.2 Å². The monoisotopic (exact) mass is 526 g/mol. The fraction of sp³-hybridized carbons (Fsp3) is 0.258. The molecule has 1 atom stereocenters. The number of nitrogens with zero attached hydrogens (tertiary/aromatic N) is 2. The van der Waals surface area contributed by atoms with E-state index in [4.69, 9.17) is 14.2 Å². The maximum absolute atomic E-state index is 13.7. The molecule has 4 rings (SSSR count). The van der Waals surface area contributed by atoms with E-state index in [1.54, 1.807) is 54.6 Å². The summed E-state index contributed by atoms with van der Waals surface area (Å²) in [5.74, 6) is -1.01. The number of hydrogen-bond acceptors (Lipinski definition) is 7. The molecule has 1 aliphatic heterocycles. The van der Waals surface area contributed by atoms with Crippen LogP contribution in [0.15, 0.2) is 66.2 Å². The van der Waals surface area contributed by atoms with Gasteiger partial charge in [-0.25, -0.2) is 0 Å². The number of anilines is 1. The van der Waals surface area contributed by atoms with Gasteiger partial charge in [0.2, 0.25) is 0 Å². The fourth-order valence-corrected chi connectivity index (χ4v) is 4.72. The molecule has 0 bridgehead atoms. The smallest absolute Gasteiger partial charge is 0.300 e. The molecule has 1 aliphatic rings. The molecular weight excluding hydrogens is 496 g/mol. The summed E-state index contributed by atoms with van der Waals surface area (Å²) in [6, 6.07) is 17.8. The number of carbonyl (C=O) groups excluding carboxylic acids is 2. The van der Waals surface area contributed by atoms with E-state index in [1.165, 1.54) is 26.2 Å². The second-order valence-corrected chi connectivity index (χ2v) is 10.1. The number of ether oxygens (including phenoxy) is 3. The van der Waals surface area contributed by atoms with Gasteiger partial charge in [0.05, 0.1) is 50.1 Å². The summed E-state index contributed by atoms with van der Waals surface area (Å²) in [7, 11) is 4.42. The Labute approximate surface area is 227 Å². The number of benzene rings is 3. The largest absolute Gasteiger partial charge is 0.507 e. The average Bonchev–Trinajstić information content (AvgIpc) is 3.20. The number of carbonyl (C=O) groups is 2. The number of hydrogen-bond donors (Lipinski definition) is 1. The van der Waals surface area contributed by atoms with Crippen molar-refractivity contribution in [3.63, 3.8) is 0 Å². The van der Waals surface area contributed by atoms with Crippen molar-refractivity contribution in [2.75, 3.05) is 26.2 Å². The van der Waals surface area contributed by atoms with Crippen LogP contribution in [0.2, 0.25) is 0 Å². The Morgan fingerprint density at radius 3 is 2.15 bits per heavy atom. The minimum atomic E-state index is -1.06. The summed E-state index contributed by atoms with van der Waals surface area (Å²) in [4.78, 5) is 28.6. The highest BCUT2D eigenvalue weighted by atomic mass is 16.5. The molecule has 0 saturated carbocycles. The zero-order chi connectivity index (χ0) is 28.5. The molecule has 8 nitrogen and oxygen atoms in total. The first-order valence-corrected chi connectivity index (χ1v) is 12.3. The molecule has 1 saturated heterocycles. The Morgan fingerprint density at radius 2 is 1.59 bits per heavy atom. The van der Waals surface area contributed by atoms with E-state index in [1.807, 2.05) is 32.9 Å². The van der Waals surface area contributed by atoms with Crippen molar-refractivity contribution in [1.29, 1.82) is 5.26 Å². The molecule has 3 aromatic rings. The van der Waals surface area contributed by atoms with Crippen LogP contribution in [0.1, 0.15) is 49.1 Å². The number of nitriles is 1.